The molecule has 0 saturated heterocycles. The fourth-order valence-electron chi connectivity index (χ4n) is 3.73. The van der Waals surface area contributed by atoms with Gasteiger partial charge in [0.2, 0.25) is 0 Å². The SMILES string of the molecule is CN(C(=O)Oc1c(/C(C=NC2CCCC2O)=C/N)cc(C(F)(F)F)cc1C(F)(F)F)c1ccc(F)cc1. The van der Waals surface area contributed by atoms with Crippen molar-refractivity contribution in [2.24, 2.45) is 10.7 Å². The molecule has 0 bridgehead atoms. The van der Waals surface area contributed by atoms with E-state index in [0.29, 0.717) is 25.3 Å². The molecular weight excluding hydrogens is 511 g/mol. The van der Waals surface area contributed by atoms with Crippen LogP contribution in [0.3, 0.4) is 0 Å². The number of carbonyl (C=O) groups excluding carboxylic acids is 1. The molecule has 2 atom stereocenters. The summed E-state index contributed by atoms with van der Waals surface area (Å²) in [6.07, 6.45) is -9.58. The molecule has 3 N–H and O–H groups in total. The molecule has 1 aliphatic rings. The van der Waals surface area contributed by atoms with E-state index in [-0.39, 0.29) is 11.8 Å². The van der Waals surface area contributed by atoms with E-state index in [0.717, 1.165) is 48.6 Å². The number of allylic oxidation sites excluding steroid dienone is 1. The predicted molar refractivity (Wildman–Crippen MR) is 122 cm³/mol. The number of aliphatic hydroxyl groups excluding tert-OH is 1. The maximum Gasteiger partial charge on any atom is 0.420 e. The highest BCUT2D eigenvalue weighted by Gasteiger charge is 2.41. The van der Waals surface area contributed by atoms with E-state index in [1.165, 1.54) is 0 Å². The van der Waals surface area contributed by atoms with Crippen LogP contribution in [-0.4, -0.2) is 36.6 Å². The van der Waals surface area contributed by atoms with E-state index in [2.05, 4.69) is 4.99 Å². The normalized spacial score (nSPS) is 18.9. The van der Waals surface area contributed by atoms with E-state index >= 15 is 0 Å². The molecule has 3 rings (SSSR count). The highest BCUT2D eigenvalue weighted by Crippen LogP contribution is 2.44. The molecule has 1 fully saturated rings. The fourth-order valence-corrected chi connectivity index (χ4v) is 3.73. The minimum Gasteiger partial charge on any atom is -0.409 e. The molecule has 6 nitrogen and oxygen atoms in total. The van der Waals surface area contributed by atoms with Gasteiger partial charge in [0.1, 0.15) is 5.82 Å². The number of aliphatic imine (C=N–C) groups is 1. The third kappa shape index (κ3) is 6.59. The number of rotatable bonds is 5. The molecule has 37 heavy (non-hydrogen) atoms. The van der Waals surface area contributed by atoms with Gasteiger partial charge < -0.3 is 15.6 Å². The number of aliphatic hydroxyl groups is 1. The minimum atomic E-state index is -5.36. The summed E-state index contributed by atoms with van der Waals surface area (Å²) in [5.41, 5.74) is 0.868. The number of hydrogen-bond acceptors (Lipinski definition) is 5. The first-order valence-corrected chi connectivity index (χ1v) is 10.9. The molecule has 2 unspecified atom stereocenters. The third-order valence-corrected chi connectivity index (χ3v) is 5.74. The maximum atomic E-state index is 13.9. The van der Waals surface area contributed by atoms with Crippen LogP contribution >= 0.6 is 0 Å². The molecule has 0 aliphatic heterocycles. The van der Waals surface area contributed by atoms with Crippen molar-refractivity contribution in [3.05, 3.63) is 65.1 Å². The number of ether oxygens (including phenoxy) is 1. The van der Waals surface area contributed by atoms with Crippen molar-refractivity contribution in [3.63, 3.8) is 0 Å². The predicted octanol–water partition coefficient (Wildman–Crippen LogP) is 5.78. The van der Waals surface area contributed by atoms with Crippen LogP contribution in [-0.2, 0) is 12.4 Å². The number of amides is 1. The molecule has 1 amide bonds. The topological polar surface area (TPSA) is 88.2 Å². The summed E-state index contributed by atoms with van der Waals surface area (Å²) in [4.78, 5) is 17.6. The van der Waals surface area contributed by atoms with Gasteiger partial charge in [-0.3, -0.25) is 9.89 Å². The first-order valence-electron chi connectivity index (χ1n) is 10.9. The number of alkyl halides is 6. The lowest BCUT2D eigenvalue weighted by Gasteiger charge is -2.22. The van der Waals surface area contributed by atoms with Crippen LogP contribution in [0.1, 0.15) is 36.0 Å². The summed E-state index contributed by atoms with van der Waals surface area (Å²) >= 11 is 0. The lowest BCUT2D eigenvalue weighted by molar-refractivity contribution is -0.143. The first-order chi connectivity index (χ1) is 17.2. The van der Waals surface area contributed by atoms with Crippen LogP contribution in [0, 0.1) is 5.82 Å². The second kappa shape index (κ2) is 10.8. The lowest BCUT2D eigenvalue weighted by atomic mass is 9.98. The summed E-state index contributed by atoms with van der Waals surface area (Å²) < 4.78 is 101. The van der Waals surface area contributed by atoms with Gasteiger partial charge in [0.15, 0.2) is 5.75 Å². The number of hydrogen-bond donors (Lipinski definition) is 2. The Morgan fingerprint density at radius 3 is 2.27 bits per heavy atom. The summed E-state index contributed by atoms with van der Waals surface area (Å²) in [6.45, 7) is 0. The van der Waals surface area contributed by atoms with Crippen LogP contribution < -0.4 is 15.4 Å². The van der Waals surface area contributed by atoms with Crippen LogP contribution in [0.15, 0.2) is 47.6 Å². The molecular formula is C24H22F7N3O3. The first kappa shape index (κ1) is 28.0. The zero-order valence-corrected chi connectivity index (χ0v) is 19.3. The average molecular weight is 533 g/mol. The Hall–Kier alpha value is -3.61. The van der Waals surface area contributed by atoms with Crippen molar-refractivity contribution >= 4 is 23.6 Å². The van der Waals surface area contributed by atoms with E-state index < -0.39 is 64.4 Å². The summed E-state index contributed by atoms with van der Waals surface area (Å²) in [6, 6.07) is 3.86. The molecule has 0 heterocycles. The second-order valence-corrected chi connectivity index (χ2v) is 8.27. The van der Waals surface area contributed by atoms with Gasteiger partial charge in [0, 0.05) is 36.3 Å². The lowest BCUT2D eigenvalue weighted by Crippen LogP contribution is -2.30. The van der Waals surface area contributed by atoms with Crippen LogP contribution in [0.25, 0.3) is 5.57 Å². The smallest absolute Gasteiger partial charge is 0.409 e. The largest absolute Gasteiger partial charge is 0.420 e. The average Bonchev–Trinajstić information content (AvgIpc) is 3.23. The van der Waals surface area contributed by atoms with Crippen molar-refractivity contribution < 1.29 is 45.4 Å². The summed E-state index contributed by atoms with van der Waals surface area (Å²) in [7, 11) is 1.12. The highest BCUT2D eigenvalue weighted by atomic mass is 19.4. The molecule has 200 valence electrons. The summed E-state index contributed by atoms with van der Waals surface area (Å²) in [5.74, 6) is -1.87. The van der Waals surface area contributed by atoms with Crippen LogP contribution in [0.4, 0.5) is 41.2 Å². The monoisotopic (exact) mass is 533 g/mol. The zero-order chi connectivity index (χ0) is 27.5. The number of carbonyl (C=O) groups is 1. The van der Waals surface area contributed by atoms with Gasteiger partial charge in [-0.2, -0.15) is 26.3 Å². The quantitative estimate of drug-likeness (QED) is 0.377. The second-order valence-electron chi connectivity index (χ2n) is 8.27. The molecule has 0 aromatic heterocycles. The van der Waals surface area contributed by atoms with Crippen LogP contribution in [0.2, 0.25) is 0 Å². The van der Waals surface area contributed by atoms with Gasteiger partial charge in [-0.05, 0) is 55.7 Å². The molecule has 1 aliphatic carbocycles. The van der Waals surface area contributed by atoms with Gasteiger partial charge in [0.05, 0.1) is 23.3 Å². The number of nitrogens with two attached hydrogens (primary N) is 1. The van der Waals surface area contributed by atoms with Gasteiger partial charge in [-0.1, -0.05) is 0 Å². The Bertz CT molecular complexity index is 1190. The standard InChI is InChI=1S/C24H22F7N3O3/c1-34(16-7-5-15(25)6-8-16)22(36)37-21-17(13(11-32)12-33-19-3-2-4-20(19)35)9-14(23(26,27)28)10-18(21)24(29,30)31/h5-12,19-20,35H,2-4,32H2,1H3/b13-11+,33-12?. The molecule has 2 aromatic rings. The van der Waals surface area contributed by atoms with Crippen molar-refractivity contribution in [2.75, 3.05) is 11.9 Å². The molecule has 1 saturated carbocycles. The van der Waals surface area contributed by atoms with Crippen LogP contribution in [0.5, 0.6) is 5.75 Å². The Morgan fingerprint density at radius 2 is 1.76 bits per heavy atom. The third-order valence-electron chi connectivity index (χ3n) is 5.74. The minimum absolute atomic E-state index is 0.0415. The van der Waals surface area contributed by atoms with Crippen molar-refractivity contribution in [1.29, 1.82) is 0 Å². The van der Waals surface area contributed by atoms with Crippen molar-refractivity contribution in [2.45, 2.75) is 43.8 Å². The molecule has 0 radical (unpaired) electrons. The Kier molecular flexibility index (Phi) is 8.16. The zero-order valence-electron chi connectivity index (χ0n) is 19.3. The van der Waals surface area contributed by atoms with Gasteiger partial charge in [-0.25, -0.2) is 9.18 Å². The Balaban J connectivity index is 2.13. The molecule has 2 aromatic carbocycles. The molecule has 0 spiro atoms. The van der Waals surface area contributed by atoms with Crippen molar-refractivity contribution in [1.82, 2.24) is 0 Å². The Morgan fingerprint density at radius 1 is 1.11 bits per heavy atom. The van der Waals surface area contributed by atoms with E-state index in [1.54, 1.807) is 0 Å². The number of halogens is 7. The number of anilines is 1. The highest BCUT2D eigenvalue weighted by molar-refractivity contribution is 6.11. The van der Waals surface area contributed by atoms with E-state index in [9.17, 15) is 40.6 Å². The fraction of sp³-hybridized carbons (Fsp3) is 0.333. The maximum absolute atomic E-state index is 13.9. The van der Waals surface area contributed by atoms with E-state index in [1.807, 2.05) is 0 Å². The Labute approximate surface area is 206 Å². The molecule has 13 heteroatoms. The van der Waals surface area contributed by atoms with Gasteiger partial charge >= 0.3 is 18.4 Å². The summed E-state index contributed by atoms with van der Waals surface area (Å²) in [5, 5.41) is 9.95. The number of nitrogens with zero attached hydrogens (tertiary/aromatic N) is 2. The van der Waals surface area contributed by atoms with Gasteiger partial charge in [-0.15, -0.1) is 0 Å². The number of benzene rings is 2. The van der Waals surface area contributed by atoms with Crippen molar-refractivity contribution in [3.8, 4) is 5.75 Å². The van der Waals surface area contributed by atoms with Gasteiger partial charge in [0.25, 0.3) is 0 Å². The van der Waals surface area contributed by atoms with E-state index in [4.69, 9.17) is 10.5 Å².